The maximum atomic E-state index is 13.7. The third-order valence-electron chi connectivity index (χ3n) is 3.45. The van der Waals surface area contributed by atoms with Gasteiger partial charge in [-0.1, -0.05) is 17.7 Å². The molecule has 0 aliphatic heterocycles. The van der Waals surface area contributed by atoms with Gasteiger partial charge in [-0.15, -0.1) is 0 Å². The zero-order chi connectivity index (χ0) is 15.7. The van der Waals surface area contributed by atoms with Crippen molar-refractivity contribution in [3.63, 3.8) is 0 Å². The van der Waals surface area contributed by atoms with Gasteiger partial charge >= 0.3 is 0 Å². The van der Waals surface area contributed by atoms with E-state index in [-0.39, 0.29) is 10.5 Å². The van der Waals surface area contributed by atoms with Crippen LogP contribution >= 0.6 is 27.5 Å². The lowest BCUT2D eigenvalue weighted by Gasteiger charge is -2.19. The Balaban J connectivity index is 2.39. The number of halogens is 4. The fraction of sp³-hybridized carbons (Fsp3) is 0.357. The molecular formula is C14H15BrClF2N3. The van der Waals surface area contributed by atoms with Crippen molar-refractivity contribution in [1.82, 2.24) is 15.1 Å². The van der Waals surface area contributed by atoms with Crippen molar-refractivity contribution in [2.75, 3.05) is 7.05 Å². The Morgan fingerprint density at radius 1 is 1.43 bits per heavy atom. The number of rotatable bonds is 4. The van der Waals surface area contributed by atoms with E-state index in [1.165, 1.54) is 0 Å². The Bertz CT molecular complexity index is 673. The second-order valence-electron chi connectivity index (χ2n) is 4.78. The molecular weight excluding hydrogens is 364 g/mol. The van der Waals surface area contributed by atoms with Gasteiger partial charge in [-0.05, 0) is 41.5 Å². The van der Waals surface area contributed by atoms with Crippen molar-refractivity contribution in [3.05, 3.63) is 50.2 Å². The lowest BCUT2D eigenvalue weighted by Crippen LogP contribution is -2.21. The van der Waals surface area contributed by atoms with Crippen LogP contribution in [0.3, 0.4) is 0 Å². The van der Waals surface area contributed by atoms with E-state index >= 15 is 0 Å². The molecule has 1 aromatic carbocycles. The largest absolute Gasteiger partial charge is 0.313 e. The van der Waals surface area contributed by atoms with Gasteiger partial charge in [-0.3, -0.25) is 4.68 Å². The first-order valence-corrected chi connectivity index (χ1v) is 7.52. The second kappa shape index (κ2) is 6.42. The summed E-state index contributed by atoms with van der Waals surface area (Å²) in [4.78, 5) is 0. The number of aromatic nitrogens is 2. The van der Waals surface area contributed by atoms with Crippen LogP contribution < -0.4 is 5.32 Å². The zero-order valence-corrected chi connectivity index (χ0v) is 14.2. The molecule has 0 saturated carbocycles. The van der Waals surface area contributed by atoms with Crippen LogP contribution in [0.4, 0.5) is 8.78 Å². The number of likely N-dealkylation sites (N-methyl/N-ethyl adjacent to an activating group) is 1. The summed E-state index contributed by atoms with van der Waals surface area (Å²) in [5.74, 6) is -1.77. The van der Waals surface area contributed by atoms with Crippen LogP contribution in [0, 0.1) is 18.6 Å². The molecule has 2 aromatic rings. The summed E-state index contributed by atoms with van der Waals surface area (Å²) in [6.07, 6.45) is 0.510. The summed E-state index contributed by atoms with van der Waals surface area (Å²) in [5.41, 5.74) is 2.21. The summed E-state index contributed by atoms with van der Waals surface area (Å²) in [7, 11) is 3.57. The topological polar surface area (TPSA) is 29.9 Å². The molecule has 1 heterocycles. The maximum absolute atomic E-state index is 13.7. The number of hydrogen-bond acceptors (Lipinski definition) is 2. The first kappa shape index (κ1) is 16.4. The Morgan fingerprint density at radius 3 is 2.62 bits per heavy atom. The van der Waals surface area contributed by atoms with Crippen LogP contribution in [0.25, 0.3) is 0 Å². The lowest BCUT2D eigenvalue weighted by molar-refractivity contribution is 0.493. The van der Waals surface area contributed by atoms with Crippen molar-refractivity contribution in [2.24, 2.45) is 7.05 Å². The molecule has 0 aliphatic carbocycles. The highest BCUT2D eigenvalue weighted by molar-refractivity contribution is 9.10. The highest BCUT2D eigenvalue weighted by Crippen LogP contribution is 2.31. The highest BCUT2D eigenvalue weighted by atomic mass is 79.9. The molecule has 7 heteroatoms. The van der Waals surface area contributed by atoms with E-state index in [1.807, 2.05) is 6.92 Å². The molecule has 0 spiro atoms. The van der Waals surface area contributed by atoms with E-state index in [2.05, 4.69) is 26.3 Å². The number of hydrogen-bond donors (Lipinski definition) is 1. The molecule has 3 nitrogen and oxygen atoms in total. The third kappa shape index (κ3) is 3.12. The summed E-state index contributed by atoms with van der Waals surface area (Å²) in [6.45, 7) is 1.83. The monoisotopic (exact) mass is 377 g/mol. The van der Waals surface area contributed by atoms with E-state index < -0.39 is 11.6 Å². The number of benzene rings is 1. The smallest absolute Gasteiger partial charge is 0.173 e. The fourth-order valence-corrected chi connectivity index (χ4v) is 3.11. The molecule has 1 N–H and O–H groups in total. The normalized spacial score (nSPS) is 12.7. The van der Waals surface area contributed by atoms with Crippen molar-refractivity contribution in [1.29, 1.82) is 0 Å². The van der Waals surface area contributed by atoms with Crippen molar-refractivity contribution in [2.45, 2.75) is 19.4 Å². The molecule has 0 aliphatic rings. The fourth-order valence-electron chi connectivity index (χ4n) is 2.27. The van der Waals surface area contributed by atoms with E-state index in [0.717, 1.165) is 17.5 Å². The Labute approximate surface area is 135 Å². The van der Waals surface area contributed by atoms with Crippen LogP contribution in [0.2, 0.25) is 5.02 Å². The molecule has 0 radical (unpaired) electrons. The molecule has 1 unspecified atom stereocenters. The van der Waals surface area contributed by atoms with Gasteiger partial charge in [0, 0.05) is 19.5 Å². The number of nitrogens with one attached hydrogen (secondary N) is 1. The average Bonchev–Trinajstić information content (AvgIpc) is 2.69. The summed E-state index contributed by atoms with van der Waals surface area (Å²) < 4.78 is 28.7. The van der Waals surface area contributed by atoms with Gasteiger partial charge in [0.05, 0.1) is 20.9 Å². The van der Waals surface area contributed by atoms with Crippen LogP contribution in [-0.4, -0.2) is 16.8 Å². The minimum atomic E-state index is -0.889. The predicted octanol–water partition coefficient (Wildman–Crippen LogP) is 3.93. The highest BCUT2D eigenvalue weighted by Gasteiger charge is 2.21. The second-order valence-corrected chi connectivity index (χ2v) is 5.95. The van der Waals surface area contributed by atoms with E-state index in [4.69, 9.17) is 11.6 Å². The molecule has 1 atom stereocenters. The Morgan fingerprint density at radius 2 is 2.10 bits per heavy atom. The van der Waals surface area contributed by atoms with Gasteiger partial charge in [0.15, 0.2) is 11.6 Å². The first-order valence-electron chi connectivity index (χ1n) is 6.35. The molecule has 21 heavy (non-hydrogen) atoms. The van der Waals surface area contributed by atoms with Crippen LogP contribution in [0.15, 0.2) is 16.6 Å². The summed E-state index contributed by atoms with van der Waals surface area (Å²) >= 11 is 9.36. The van der Waals surface area contributed by atoms with Crippen molar-refractivity contribution < 1.29 is 8.78 Å². The molecule has 0 amide bonds. The lowest BCUT2D eigenvalue weighted by atomic mass is 10.0. The molecule has 0 saturated heterocycles. The average molecular weight is 379 g/mol. The minimum absolute atomic E-state index is 0.122. The number of nitrogens with zero attached hydrogens (tertiary/aromatic N) is 2. The maximum Gasteiger partial charge on any atom is 0.173 e. The SMILES string of the molecule is CNC(Cc1c(Cl)c(C)nn1C)c1ccc(F)c(F)c1Br. The van der Waals surface area contributed by atoms with Gasteiger partial charge in [-0.2, -0.15) is 5.10 Å². The molecule has 0 bridgehead atoms. The van der Waals surface area contributed by atoms with Crippen molar-refractivity contribution >= 4 is 27.5 Å². The molecule has 114 valence electrons. The van der Waals surface area contributed by atoms with Gasteiger partial charge in [0.2, 0.25) is 0 Å². The molecule has 1 aromatic heterocycles. The quantitative estimate of drug-likeness (QED) is 0.817. The molecule has 0 fully saturated rings. The standard InChI is InChI=1S/C14H15BrClF2N3/c1-7-13(16)11(21(3)20-7)6-10(19-2)8-4-5-9(17)14(18)12(8)15/h4-5,10,19H,6H2,1-3H3. The minimum Gasteiger partial charge on any atom is -0.313 e. The Kier molecular flexibility index (Phi) is 5.01. The Hall–Kier alpha value is -0.980. The number of aryl methyl sites for hydroxylation is 2. The van der Waals surface area contributed by atoms with Crippen LogP contribution in [0.1, 0.15) is 23.0 Å². The molecule has 2 rings (SSSR count). The van der Waals surface area contributed by atoms with E-state index in [9.17, 15) is 8.78 Å². The van der Waals surface area contributed by atoms with Gasteiger partial charge in [-0.25, -0.2) is 8.78 Å². The predicted molar refractivity (Wildman–Crippen MR) is 82.5 cm³/mol. The van der Waals surface area contributed by atoms with Gasteiger partial charge in [0.1, 0.15) is 0 Å². The van der Waals surface area contributed by atoms with E-state index in [1.54, 1.807) is 24.8 Å². The van der Waals surface area contributed by atoms with Gasteiger partial charge < -0.3 is 5.32 Å². The van der Waals surface area contributed by atoms with Crippen LogP contribution in [-0.2, 0) is 13.5 Å². The van der Waals surface area contributed by atoms with E-state index in [0.29, 0.717) is 17.0 Å². The van der Waals surface area contributed by atoms with Gasteiger partial charge in [0.25, 0.3) is 0 Å². The van der Waals surface area contributed by atoms with Crippen LogP contribution in [0.5, 0.6) is 0 Å². The first-order chi connectivity index (χ1) is 9.86. The summed E-state index contributed by atoms with van der Waals surface area (Å²) in [6, 6.07) is 2.46. The summed E-state index contributed by atoms with van der Waals surface area (Å²) in [5, 5.41) is 7.95. The third-order valence-corrected chi connectivity index (χ3v) is 4.75. The van der Waals surface area contributed by atoms with Crippen molar-refractivity contribution in [3.8, 4) is 0 Å². The zero-order valence-electron chi connectivity index (χ0n) is 11.8.